The Kier molecular flexibility index (Phi) is 3.55. The highest BCUT2D eigenvalue weighted by molar-refractivity contribution is 9.10. The molecule has 1 aromatic carbocycles. The van der Waals surface area contributed by atoms with Gasteiger partial charge in [0.05, 0.1) is 15.6 Å². The lowest BCUT2D eigenvalue weighted by molar-refractivity contribution is 0.0954. The zero-order chi connectivity index (χ0) is 10.0. The van der Waals surface area contributed by atoms with Crippen LogP contribution in [0.15, 0.2) is 16.6 Å². The van der Waals surface area contributed by atoms with Crippen molar-refractivity contribution in [1.29, 1.82) is 0 Å². The van der Waals surface area contributed by atoms with Gasteiger partial charge in [0.25, 0.3) is 5.91 Å². The summed E-state index contributed by atoms with van der Waals surface area (Å²) < 4.78 is 0.705. The Balaban J connectivity index is 3.28. The van der Waals surface area contributed by atoms with E-state index in [0.717, 1.165) is 0 Å². The van der Waals surface area contributed by atoms with Crippen molar-refractivity contribution in [2.24, 2.45) is 5.84 Å². The SMILES string of the molecule is NNC(=O)c1c(Cl)cc(Br)cc1Cl. The van der Waals surface area contributed by atoms with Gasteiger partial charge < -0.3 is 0 Å². The summed E-state index contributed by atoms with van der Waals surface area (Å²) in [6, 6.07) is 3.13. The number of halogens is 3. The van der Waals surface area contributed by atoms with E-state index < -0.39 is 5.91 Å². The zero-order valence-corrected chi connectivity index (χ0v) is 9.37. The minimum atomic E-state index is -0.512. The quantitative estimate of drug-likeness (QED) is 0.472. The van der Waals surface area contributed by atoms with E-state index in [0.29, 0.717) is 4.47 Å². The molecule has 0 saturated carbocycles. The van der Waals surface area contributed by atoms with E-state index in [1.165, 1.54) is 0 Å². The van der Waals surface area contributed by atoms with Crippen LogP contribution >= 0.6 is 39.1 Å². The molecule has 70 valence electrons. The fourth-order valence-electron chi connectivity index (χ4n) is 0.831. The summed E-state index contributed by atoms with van der Waals surface area (Å²) in [6.45, 7) is 0. The van der Waals surface area contributed by atoms with Gasteiger partial charge in [0.2, 0.25) is 0 Å². The topological polar surface area (TPSA) is 55.1 Å². The Morgan fingerprint density at radius 3 is 2.23 bits per heavy atom. The van der Waals surface area contributed by atoms with Gasteiger partial charge in [-0.05, 0) is 12.1 Å². The number of carbonyl (C=O) groups excluding carboxylic acids is 1. The molecule has 0 heterocycles. The lowest BCUT2D eigenvalue weighted by Gasteiger charge is -2.05. The lowest BCUT2D eigenvalue weighted by atomic mass is 10.2. The average Bonchev–Trinajstić information content (AvgIpc) is 2.02. The molecule has 0 unspecified atom stereocenters. The van der Waals surface area contributed by atoms with Gasteiger partial charge in [0.1, 0.15) is 0 Å². The number of nitrogen functional groups attached to an aromatic ring is 1. The van der Waals surface area contributed by atoms with E-state index in [1.807, 2.05) is 5.43 Å². The van der Waals surface area contributed by atoms with Crippen molar-refractivity contribution in [1.82, 2.24) is 5.43 Å². The predicted molar refractivity (Wildman–Crippen MR) is 55.8 cm³/mol. The summed E-state index contributed by atoms with van der Waals surface area (Å²) in [6.07, 6.45) is 0. The highest BCUT2D eigenvalue weighted by Gasteiger charge is 2.14. The molecule has 0 aliphatic carbocycles. The van der Waals surface area contributed by atoms with Crippen molar-refractivity contribution < 1.29 is 4.79 Å². The first kappa shape index (κ1) is 10.8. The first-order valence-electron chi connectivity index (χ1n) is 3.21. The third-order valence-corrected chi connectivity index (χ3v) is 2.42. The van der Waals surface area contributed by atoms with Gasteiger partial charge in [-0.15, -0.1) is 0 Å². The normalized spacial score (nSPS) is 9.85. The molecular formula is C7H5BrCl2N2O. The Hall–Kier alpha value is -0.290. The van der Waals surface area contributed by atoms with Gasteiger partial charge in [-0.1, -0.05) is 39.1 Å². The summed E-state index contributed by atoms with van der Waals surface area (Å²) in [5.74, 6) is 4.44. The Bertz CT molecular complexity index is 333. The molecule has 0 spiro atoms. The molecule has 13 heavy (non-hydrogen) atoms. The molecule has 0 saturated heterocycles. The molecule has 1 rings (SSSR count). The minimum Gasteiger partial charge on any atom is -0.290 e. The van der Waals surface area contributed by atoms with Gasteiger partial charge in [-0.3, -0.25) is 10.2 Å². The standard InChI is InChI=1S/C7H5BrCl2N2O/c8-3-1-4(9)6(5(10)2-3)7(13)12-11/h1-2H,11H2,(H,12,13). The summed E-state index contributed by atoms with van der Waals surface area (Å²) in [4.78, 5) is 11.1. The van der Waals surface area contributed by atoms with Crippen molar-refractivity contribution in [2.45, 2.75) is 0 Å². The summed E-state index contributed by atoms with van der Waals surface area (Å²) in [7, 11) is 0. The van der Waals surface area contributed by atoms with E-state index in [-0.39, 0.29) is 15.6 Å². The molecule has 0 aliphatic rings. The Morgan fingerprint density at radius 2 is 1.85 bits per heavy atom. The second kappa shape index (κ2) is 4.28. The second-order valence-electron chi connectivity index (χ2n) is 2.22. The molecule has 0 aromatic heterocycles. The van der Waals surface area contributed by atoms with Gasteiger partial charge in [0.15, 0.2) is 0 Å². The largest absolute Gasteiger partial charge is 0.290 e. The molecule has 6 heteroatoms. The number of rotatable bonds is 1. The van der Waals surface area contributed by atoms with Crippen molar-refractivity contribution in [3.05, 3.63) is 32.2 Å². The molecule has 0 aliphatic heterocycles. The first-order chi connectivity index (χ1) is 6.06. The molecule has 3 N–H and O–H groups in total. The van der Waals surface area contributed by atoms with E-state index in [1.54, 1.807) is 12.1 Å². The van der Waals surface area contributed by atoms with Crippen LogP contribution < -0.4 is 11.3 Å². The summed E-state index contributed by atoms with van der Waals surface area (Å²) in [5, 5.41) is 0.504. The number of hydrogen-bond donors (Lipinski definition) is 2. The molecule has 3 nitrogen and oxygen atoms in total. The molecule has 0 fully saturated rings. The van der Waals surface area contributed by atoms with Crippen LogP contribution in [-0.4, -0.2) is 5.91 Å². The second-order valence-corrected chi connectivity index (χ2v) is 3.95. The zero-order valence-electron chi connectivity index (χ0n) is 6.27. The van der Waals surface area contributed by atoms with Crippen LogP contribution in [0.1, 0.15) is 10.4 Å². The van der Waals surface area contributed by atoms with Crippen LogP contribution in [0.3, 0.4) is 0 Å². The summed E-state index contributed by atoms with van der Waals surface area (Å²) >= 11 is 14.7. The molecule has 1 aromatic rings. The molecule has 0 bridgehead atoms. The number of amides is 1. The smallest absolute Gasteiger partial charge is 0.268 e. The van der Waals surface area contributed by atoms with Crippen LogP contribution in [0.4, 0.5) is 0 Å². The lowest BCUT2D eigenvalue weighted by Crippen LogP contribution is -2.30. The molecule has 1 amide bonds. The van der Waals surface area contributed by atoms with E-state index >= 15 is 0 Å². The monoisotopic (exact) mass is 282 g/mol. The number of nitrogens with one attached hydrogen (secondary N) is 1. The van der Waals surface area contributed by atoms with Gasteiger partial charge in [-0.25, -0.2) is 5.84 Å². The van der Waals surface area contributed by atoms with Crippen LogP contribution in [-0.2, 0) is 0 Å². The molecule has 0 atom stereocenters. The maximum absolute atomic E-state index is 11.1. The van der Waals surface area contributed by atoms with E-state index in [2.05, 4.69) is 15.9 Å². The van der Waals surface area contributed by atoms with E-state index in [9.17, 15) is 4.79 Å². The van der Waals surface area contributed by atoms with E-state index in [4.69, 9.17) is 29.0 Å². The fraction of sp³-hybridized carbons (Fsp3) is 0. The third kappa shape index (κ3) is 2.34. The van der Waals surface area contributed by atoms with Crippen molar-refractivity contribution >= 4 is 45.0 Å². The van der Waals surface area contributed by atoms with Crippen molar-refractivity contribution in [3.63, 3.8) is 0 Å². The van der Waals surface area contributed by atoms with Crippen LogP contribution in [0.2, 0.25) is 10.0 Å². The number of hydrazine groups is 1. The maximum atomic E-state index is 11.1. The molecule has 0 radical (unpaired) electrons. The van der Waals surface area contributed by atoms with Crippen LogP contribution in [0.25, 0.3) is 0 Å². The Labute approximate surface area is 93.3 Å². The third-order valence-electron chi connectivity index (χ3n) is 1.37. The van der Waals surface area contributed by atoms with Gasteiger partial charge in [-0.2, -0.15) is 0 Å². The number of nitrogens with two attached hydrogens (primary N) is 1. The van der Waals surface area contributed by atoms with Crippen molar-refractivity contribution in [2.75, 3.05) is 0 Å². The highest BCUT2D eigenvalue weighted by Crippen LogP contribution is 2.28. The summed E-state index contributed by atoms with van der Waals surface area (Å²) in [5.41, 5.74) is 2.13. The molecular weight excluding hydrogens is 279 g/mol. The predicted octanol–water partition coefficient (Wildman–Crippen LogP) is 2.36. The fourth-order valence-corrected chi connectivity index (χ4v) is 2.21. The Morgan fingerprint density at radius 1 is 1.38 bits per heavy atom. The van der Waals surface area contributed by atoms with Crippen molar-refractivity contribution in [3.8, 4) is 0 Å². The average molecular weight is 284 g/mol. The number of carbonyl (C=O) groups is 1. The van der Waals surface area contributed by atoms with Crippen LogP contribution in [0.5, 0.6) is 0 Å². The van der Waals surface area contributed by atoms with Crippen LogP contribution in [0, 0.1) is 0 Å². The maximum Gasteiger partial charge on any atom is 0.268 e. The number of hydrogen-bond acceptors (Lipinski definition) is 2. The van der Waals surface area contributed by atoms with Gasteiger partial charge in [0, 0.05) is 4.47 Å². The highest BCUT2D eigenvalue weighted by atomic mass is 79.9. The number of benzene rings is 1. The van der Waals surface area contributed by atoms with Gasteiger partial charge >= 0.3 is 0 Å². The first-order valence-corrected chi connectivity index (χ1v) is 4.76. The minimum absolute atomic E-state index is 0.175.